The van der Waals surface area contributed by atoms with Gasteiger partial charge in [-0.05, 0) is 7.05 Å². The van der Waals surface area contributed by atoms with E-state index in [4.69, 9.17) is 14.2 Å². The first kappa shape index (κ1) is 22.4. The van der Waals surface area contributed by atoms with Crippen molar-refractivity contribution in [3.05, 3.63) is 0 Å². The van der Waals surface area contributed by atoms with Crippen molar-refractivity contribution in [3.8, 4) is 0 Å². The van der Waals surface area contributed by atoms with Crippen molar-refractivity contribution < 1.29 is 14.2 Å². The van der Waals surface area contributed by atoms with Gasteiger partial charge < -0.3 is 19.5 Å². The van der Waals surface area contributed by atoms with E-state index in [9.17, 15) is 0 Å². The third-order valence-corrected chi connectivity index (χ3v) is 2.75. The number of hydrogen-bond donors (Lipinski definition) is 2. The van der Waals surface area contributed by atoms with Crippen molar-refractivity contribution in [3.63, 3.8) is 0 Å². The predicted octanol–water partition coefficient (Wildman–Crippen LogP) is 1.93. The lowest BCUT2D eigenvalue weighted by Gasteiger charge is -2.08. The molecule has 0 unspecified atom stereocenters. The van der Waals surface area contributed by atoms with Crippen LogP contribution in [-0.4, -0.2) is 65.0 Å². The third-order valence-electron chi connectivity index (χ3n) is 1.91. The van der Waals surface area contributed by atoms with Gasteiger partial charge in [-0.25, -0.2) is 0 Å². The van der Waals surface area contributed by atoms with E-state index in [0.29, 0.717) is 31.7 Å². The summed E-state index contributed by atoms with van der Waals surface area (Å²) in [6.07, 6.45) is 0. The maximum Gasteiger partial charge on any atom is 0.0701 e. The molecule has 5 nitrogen and oxygen atoms in total. The largest absolute Gasteiger partial charge is 0.378 e. The van der Waals surface area contributed by atoms with E-state index in [1.807, 2.05) is 20.9 Å². The molecule has 0 rings (SSSR count). The third kappa shape index (κ3) is 23.3. The van der Waals surface area contributed by atoms with Crippen LogP contribution in [0.5, 0.6) is 0 Å². The van der Waals surface area contributed by atoms with Crippen LogP contribution in [0.2, 0.25) is 0 Å². The van der Waals surface area contributed by atoms with Crippen molar-refractivity contribution in [2.24, 2.45) is 0 Å². The summed E-state index contributed by atoms with van der Waals surface area (Å²) in [7, 11) is 1.91. The molecule has 0 aliphatic rings. The van der Waals surface area contributed by atoms with E-state index in [2.05, 4.69) is 23.9 Å². The highest BCUT2D eigenvalue weighted by molar-refractivity contribution is 7.97. The Bertz CT molecular complexity index is 163. The van der Waals surface area contributed by atoms with Gasteiger partial charge in [-0.15, -0.1) is 0 Å². The zero-order valence-corrected chi connectivity index (χ0v) is 14.7. The van der Waals surface area contributed by atoms with Crippen LogP contribution in [0, 0.1) is 0 Å². The average Bonchev–Trinajstić information content (AvgIpc) is 2.46. The van der Waals surface area contributed by atoms with Crippen molar-refractivity contribution in [2.45, 2.75) is 32.9 Å². The van der Waals surface area contributed by atoms with Crippen LogP contribution in [0.4, 0.5) is 0 Å². The molecule has 0 radical (unpaired) electrons. The molecule has 124 valence electrons. The summed E-state index contributed by atoms with van der Waals surface area (Å²) in [5, 5.41) is 3.62. The smallest absolute Gasteiger partial charge is 0.0701 e. The SMILES string of the molecule is CC.CNCCOCCOCCOCCNSC(C)C. The standard InChI is InChI=1S/C12H28N2O3S.C2H6/c1-12(2)18-14-5-7-16-9-11-17-10-8-15-6-4-13-3;1-2/h12-14H,4-11H2,1-3H3;1-2H3. The summed E-state index contributed by atoms with van der Waals surface area (Å²) in [5.41, 5.74) is 0. The van der Waals surface area contributed by atoms with Crippen LogP contribution in [0.3, 0.4) is 0 Å². The molecule has 20 heavy (non-hydrogen) atoms. The Morgan fingerprint density at radius 2 is 1.25 bits per heavy atom. The van der Waals surface area contributed by atoms with Gasteiger partial charge in [0.2, 0.25) is 0 Å². The molecule has 0 aromatic carbocycles. The summed E-state index contributed by atoms with van der Waals surface area (Å²) in [5.74, 6) is 0. The minimum absolute atomic E-state index is 0.608. The quantitative estimate of drug-likeness (QED) is 0.378. The van der Waals surface area contributed by atoms with Crippen molar-refractivity contribution in [1.29, 1.82) is 0 Å². The lowest BCUT2D eigenvalue weighted by Crippen LogP contribution is -2.18. The monoisotopic (exact) mass is 310 g/mol. The van der Waals surface area contributed by atoms with Gasteiger partial charge in [0.1, 0.15) is 0 Å². The molecule has 0 aromatic heterocycles. The maximum absolute atomic E-state index is 5.41. The Labute approximate surface area is 129 Å². The van der Waals surface area contributed by atoms with Gasteiger partial charge >= 0.3 is 0 Å². The Kier molecular flexibility index (Phi) is 24.1. The molecule has 0 heterocycles. The van der Waals surface area contributed by atoms with Crippen molar-refractivity contribution >= 4 is 11.9 Å². The van der Waals surface area contributed by atoms with Gasteiger partial charge in [-0.3, -0.25) is 4.72 Å². The van der Waals surface area contributed by atoms with Gasteiger partial charge in [0.25, 0.3) is 0 Å². The van der Waals surface area contributed by atoms with E-state index in [-0.39, 0.29) is 0 Å². The molecule has 0 aromatic rings. The highest BCUT2D eigenvalue weighted by Gasteiger charge is 1.94. The van der Waals surface area contributed by atoms with Gasteiger partial charge in [0.15, 0.2) is 0 Å². The number of ether oxygens (including phenoxy) is 3. The van der Waals surface area contributed by atoms with Crippen molar-refractivity contribution in [1.82, 2.24) is 10.0 Å². The van der Waals surface area contributed by atoms with Crippen LogP contribution >= 0.6 is 11.9 Å². The second-order valence-electron chi connectivity index (χ2n) is 4.00. The van der Waals surface area contributed by atoms with Gasteiger partial charge in [0, 0.05) is 18.3 Å². The minimum Gasteiger partial charge on any atom is -0.378 e. The summed E-state index contributed by atoms with van der Waals surface area (Å²) in [6.45, 7) is 14.1. The molecule has 0 bridgehead atoms. The van der Waals surface area contributed by atoms with Crippen LogP contribution in [0.25, 0.3) is 0 Å². The average molecular weight is 311 g/mol. The fraction of sp³-hybridized carbons (Fsp3) is 1.00. The molecule has 0 aliphatic carbocycles. The van der Waals surface area contributed by atoms with Crippen LogP contribution in [-0.2, 0) is 14.2 Å². The normalized spacial score (nSPS) is 10.5. The maximum atomic E-state index is 5.41. The molecular weight excluding hydrogens is 276 g/mol. The molecule has 0 fully saturated rings. The number of rotatable bonds is 14. The predicted molar refractivity (Wildman–Crippen MR) is 88.5 cm³/mol. The second kappa shape index (κ2) is 21.4. The zero-order valence-electron chi connectivity index (χ0n) is 13.9. The molecule has 2 N–H and O–H groups in total. The van der Waals surface area contributed by atoms with E-state index < -0.39 is 0 Å². The minimum atomic E-state index is 0.608. The molecule has 0 saturated heterocycles. The van der Waals surface area contributed by atoms with Gasteiger partial charge in [0.05, 0.1) is 39.6 Å². The lowest BCUT2D eigenvalue weighted by atomic mass is 10.6. The topological polar surface area (TPSA) is 51.8 Å². The van der Waals surface area contributed by atoms with Crippen LogP contribution in [0.1, 0.15) is 27.7 Å². The molecule has 0 saturated carbocycles. The van der Waals surface area contributed by atoms with Gasteiger partial charge in [-0.2, -0.15) is 0 Å². The van der Waals surface area contributed by atoms with E-state index >= 15 is 0 Å². The number of likely N-dealkylation sites (N-methyl/N-ethyl adjacent to an activating group) is 1. The second-order valence-corrected chi connectivity index (χ2v) is 5.47. The Morgan fingerprint density at radius 3 is 1.70 bits per heavy atom. The van der Waals surface area contributed by atoms with E-state index in [1.165, 1.54) is 0 Å². The van der Waals surface area contributed by atoms with Crippen LogP contribution in [0.15, 0.2) is 0 Å². The fourth-order valence-electron chi connectivity index (χ4n) is 1.06. The molecular formula is C14H34N2O3S. The summed E-state index contributed by atoms with van der Waals surface area (Å²) in [4.78, 5) is 0. The Morgan fingerprint density at radius 1 is 0.800 bits per heavy atom. The van der Waals surface area contributed by atoms with Crippen LogP contribution < -0.4 is 10.0 Å². The highest BCUT2D eigenvalue weighted by atomic mass is 32.2. The summed E-state index contributed by atoms with van der Waals surface area (Å²) < 4.78 is 19.3. The molecule has 0 amide bonds. The molecule has 0 aliphatic heterocycles. The Balaban J connectivity index is 0. The molecule has 6 heteroatoms. The summed E-state index contributed by atoms with van der Waals surface area (Å²) in [6, 6.07) is 0. The fourth-order valence-corrected chi connectivity index (χ4v) is 1.59. The first-order chi connectivity index (χ1) is 9.77. The Hall–Kier alpha value is 0.150. The zero-order chi connectivity index (χ0) is 15.5. The number of hydrogen-bond acceptors (Lipinski definition) is 6. The first-order valence-corrected chi connectivity index (χ1v) is 8.41. The lowest BCUT2D eigenvalue weighted by molar-refractivity contribution is 0.0165. The van der Waals surface area contributed by atoms with E-state index in [1.54, 1.807) is 11.9 Å². The highest BCUT2D eigenvalue weighted by Crippen LogP contribution is 2.01. The molecule has 0 spiro atoms. The molecule has 0 atom stereocenters. The number of nitrogens with one attached hydrogen (secondary N) is 2. The van der Waals surface area contributed by atoms with E-state index in [0.717, 1.165) is 26.3 Å². The van der Waals surface area contributed by atoms with Crippen molar-refractivity contribution in [2.75, 3.05) is 59.8 Å². The first-order valence-electron chi connectivity index (χ1n) is 7.53. The summed E-state index contributed by atoms with van der Waals surface area (Å²) >= 11 is 1.73. The van der Waals surface area contributed by atoms with Gasteiger partial charge in [-0.1, -0.05) is 39.6 Å².